The Kier molecular flexibility index (Phi) is 4.32. The second-order valence-corrected chi connectivity index (χ2v) is 6.39. The van der Waals surface area contributed by atoms with Crippen LogP contribution in [0.4, 0.5) is 0 Å². The van der Waals surface area contributed by atoms with Gasteiger partial charge in [0.25, 0.3) is 0 Å². The Morgan fingerprint density at radius 2 is 2.00 bits per heavy atom. The number of methoxy groups -OCH3 is 1. The molecule has 20 heavy (non-hydrogen) atoms. The predicted octanol–water partition coefficient (Wildman–Crippen LogP) is 3.11. The zero-order chi connectivity index (χ0) is 14.0. The van der Waals surface area contributed by atoms with E-state index in [2.05, 4.69) is 17.0 Å². The molecule has 4 heteroatoms. The third-order valence-corrected chi connectivity index (χ3v) is 4.85. The first-order valence-corrected chi connectivity index (χ1v) is 7.70. The van der Waals surface area contributed by atoms with Gasteiger partial charge in [0, 0.05) is 38.2 Å². The van der Waals surface area contributed by atoms with Gasteiger partial charge in [-0.2, -0.15) is 0 Å². The minimum absolute atomic E-state index is 0.0805. The molecule has 2 aliphatic heterocycles. The Morgan fingerprint density at radius 1 is 1.30 bits per heavy atom. The van der Waals surface area contributed by atoms with Crippen molar-refractivity contribution < 1.29 is 9.47 Å². The van der Waals surface area contributed by atoms with Gasteiger partial charge in [0.15, 0.2) is 0 Å². The van der Waals surface area contributed by atoms with Crippen LogP contribution >= 0.6 is 11.6 Å². The lowest BCUT2D eigenvalue weighted by Crippen LogP contribution is -2.43. The van der Waals surface area contributed by atoms with E-state index in [-0.39, 0.29) is 11.7 Å². The first-order chi connectivity index (χ1) is 9.69. The molecular formula is C16H22ClNO2. The zero-order valence-corrected chi connectivity index (χ0v) is 12.7. The fourth-order valence-corrected chi connectivity index (χ4v) is 3.39. The second kappa shape index (κ2) is 6.02. The van der Waals surface area contributed by atoms with Crippen molar-refractivity contribution in [1.29, 1.82) is 0 Å². The molecule has 2 heterocycles. The van der Waals surface area contributed by atoms with Crippen LogP contribution in [0.15, 0.2) is 24.3 Å². The highest BCUT2D eigenvalue weighted by atomic mass is 35.5. The van der Waals surface area contributed by atoms with E-state index in [9.17, 15) is 0 Å². The van der Waals surface area contributed by atoms with E-state index in [0.29, 0.717) is 0 Å². The van der Waals surface area contributed by atoms with Gasteiger partial charge in [-0.25, -0.2) is 0 Å². The molecule has 0 N–H and O–H groups in total. The summed E-state index contributed by atoms with van der Waals surface area (Å²) in [6.07, 6.45) is 3.57. The van der Waals surface area contributed by atoms with Crippen molar-refractivity contribution >= 4 is 11.6 Å². The number of piperidine rings is 1. The zero-order valence-electron chi connectivity index (χ0n) is 12.0. The van der Waals surface area contributed by atoms with E-state index in [0.717, 1.165) is 50.5 Å². The van der Waals surface area contributed by atoms with Crippen LogP contribution in [0, 0.1) is 0 Å². The van der Waals surface area contributed by atoms with Gasteiger partial charge in [0.1, 0.15) is 0 Å². The molecule has 0 radical (unpaired) electrons. The van der Waals surface area contributed by atoms with Crippen molar-refractivity contribution in [1.82, 2.24) is 4.90 Å². The maximum absolute atomic E-state index is 6.03. The van der Waals surface area contributed by atoms with Crippen molar-refractivity contribution in [2.45, 2.75) is 37.5 Å². The summed E-state index contributed by atoms with van der Waals surface area (Å²) < 4.78 is 11.5. The number of hydrogen-bond donors (Lipinski definition) is 0. The largest absolute Gasteiger partial charge is 0.379 e. The number of halogens is 1. The number of rotatable bonds is 3. The molecule has 2 saturated heterocycles. The Hall–Kier alpha value is -0.610. The molecule has 0 amide bonds. The lowest BCUT2D eigenvalue weighted by Gasteiger charge is -2.38. The third kappa shape index (κ3) is 3.17. The Labute approximate surface area is 125 Å². The number of hydrogen-bond acceptors (Lipinski definition) is 3. The van der Waals surface area contributed by atoms with Crippen LogP contribution in [0.25, 0.3) is 0 Å². The summed E-state index contributed by atoms with van der Waals surface area (Å²) in [5, 5.41) is 0.802. The first kappa shape index (κ1) is 14.3. The smallest absolute Gasteiger partial charge is 0.0832 e. The van der Waals surface area contributed by atoms with Crippen LogP contribution in [0.3, 0.4) is 0 Å². The van der Waals surface area contributed by atoms with Crippen molar-refractivity contribution in [3.8, 4) is 0 Å². The third-order valence-electron chi connectivity index (χ3n) is 4.60. The Morgan fingerprint density at radius 3 is 2.60 bits per heavy atom. The van der Waals surface area contributed by atoms with E-state index >= 15 is 0 Å². The van der Waals surface area contributed by atoms with Crippen LogP contribution < -0.4 is 0 Å². The lowest BCUT2D eigenvalue weighted by molar-refractivity contribution is -0.0460. The van der Waals surface area contributed by atoms with Crippen molar-refractivity contribution in [3.05, 3.63) is 34.9 Å². The molecule has 2 aliphatic rings. The highest BCUT2D eigenvalue weighted by molar-refractivity contribution is 6.30. The fraction of sp³-hybridized carbons (Fsp3) is 0.625. The monoisotopic (exact) mass is 295 g/mol. The van der Waals surface area contributed by atoms with Gasteiger partial charge < -0.3 is 9.47 Å². The number of benzene rings is 1. The average molecular weight is 296 g/mol. The number of likely N-dealkylation sites (tertiary alicyclic amines) is 1. The van der Waals surface area contributed by atoms with Gasteiger partial charge in [-0.05, 0) is 30.5 Å². The average Bonchev–Trinajstić information content (AvgIpc) is 2.87. The maximum atomic E-state index is 6.03. The van der Waals surface area contributed by atoms with Crippen LogP contribution in [-0.2, 0) is 16.0 Å². The summed E-state index contributed by atoms with van der Waals surface area (Å²) in [7, 11) is 1.78. The molecule has 1 aromatic rings. The van der Waals surface area contributed by atoms with Crippen LogP contribution in [0.5, 0.6) is 0 Å². The molecule has 0 bridgehead atoms. The number of nitrogens with zero attached hydrogens (tertiary/aromatic N) is 1. The molecule has 0 saturated carbocycles. The summed E-state index contributed by atoms with van der Waals surface area (Å²) in [6.45, 7) is 3.95. The summed E-state index contributed by atoms with van der Waals surface area (Å²) in [6, 6.07) is 8.15. The standard InChI is InChI=1S/C16H22ClNO2/c1-19-15-10-16(20-12-15)6-8-18(9-7-16)11-13-2-4-14(17)5-3-13/h2-5,15H,6-12H2,1H3/t15-/m0/s1. The van der Waals surface area contributed by atoms with Gasteiger partial charge >= 0.3 is 0 Å². The molecular weight excluding hydrogens is 274 g/mol. The number of ether oxygens (including phenoxy) is 2. The molecule has 0 unspecified atom stereocenters. The molecule has 3 nitrogen and oxygen atoms in total. The Balaban J connectivity index is 1.52. The predicted molar refractivity (Wildman–Crippen MR) is 80.1 cm³/mol. The molecule has 1 aromatic carbocycles. The molecule has 110 valence electrons. The summed E-state index contributed by atoms with van der Waals surface area (Å²) in [5.41, 5.74) is 1.41. The highest BCUT2D eigenvalue weighted by Crippen LogP contribution is 2.37. The molecule has 0 aliphatic carbocycles. The molecule has 0 aromatic heterocycles. The Bertz CT molecular complexity index is 440. The van der Waals surface area contributed by atoms with Gasteiger partial charge in [-0.15, -0.1) is 0 Å². The minimum atomic E-state index is 0.0805. The van der Waals surface area contributed by atoms with Crippen LogP contribution in [0.1, 0.15) is 24.8 Å². The molecule has 1 spiro atoms. The van der Waals surface area contributed by atoms with Crippen LogP contribution in [-0.4, -0.2) is 43.4 Å². The second-order valence-electron chi connectivity index (χ2n) is 5.96. The quantitative estimate of drug-likeness (QED) is 0.855. The topological polar surface area (TPSA) is 21.7 Å². The van der Waals surface area contributed by atoms with E-state index in [1.54, 1.807) is 7.11 Å². The van der Waals surface area contributed by atoms with E-state index < -0.39 is 0 Å². The van der Waals surface area contributed by atoms with E-state index in [1.807, 2.05) is 12.1 Å². The van der Waals surface area contributed by atoms with Gasteiger partial charge in [0.05, 0.1) is 18.3 Å². The maximum Gasteiger partial charge on any atom is 0.0832 e. The summed E-state index contributed by atoms with van der Waals surface area (Å²) >= 11 is 5.92. The summed E-state index contributed by atoms with van der Waals surface area (Å²) in [5.74, 6) is 0. The van der Waals surface area contributed by atoms with Gasteiger partial charge in [-0.3, -0.25) is 4.90 Å². The first-order valence-electron chi connectivity index (χ1n) is 7.33. The SMILES string of the molecule is CO[C@@H]1COC2(CCN(Cc3ccc(Cl)cc3)CC2)C1. The lowest BCUT2D eigenvalue weighted by atomic mass is 9.88. The van der Waals surface area contributed by atoms with Crippen molar-refractivity contribution in [2.24, 2.45) is 0 Å². The van der Waals surface area contributed by atoms with Gasteiger partial charge in [0.2, 0.25) is 0 Å². The normalized spacial score (nSPS) is 26.2. The van der Waals surface area contributed by atoms with Crippen molar-refractivity contribution in [2.75, 3.05) is 26.8 Å². The van der Waals surface area contributed by atoms with Crippen LogP contribution in [0.2, 0.25) is 5.02 Å². The van der Waals surface area contributed by atoms with E-state index in [1.165, 1.54) is 5.56 Å². The van der Waals surface area contributed by atoms with E-state index in [4.69, 9.17) is 21.1 Å². The molecule has 1 atom stereocenters. The van der Waals surface area contributed by atoms with Gasteiger partial charge in [-0.1, -0.05) is 23.7 Å². The fourth-order valence-electron chi connectivity index (χ4n) is 3.27. The molecule has 3 rings (SSSR count). The summed E-state index contributed by atoms with van der Waals surface area (Å²) in [4.78, 5) is 2.50. The highest BCUT2D eigenvalue weighted by Gasteiger charge is 2.42. The minimum Gasteiger partial charge on any atom is -0.379 e. The molecule has 2 fully saturated rings. The van der Waals surface area contributed by atoms with Crippen molar-refractivity contribution in [3.63, 3.8) is 0 Å².